The van der Waals surface area contributed by atoms with Crippen LogP contribution in [0.2, 0.25) is 0 Å². The molecule has 2 atom stereocenters. The lowest BCUT2D eigenvalue weighted by atomic mass is 9.82. The number of hydrogen-bond donors (Lipinski definition) is 0. The second-order valence-electron chi connectivity index (χ2n) is 16.9. The van der Waals surface area contributed by atoms with Gasteiger partial charge in [0.1, 0.15) is 0 Å². The highest BCUT2D eigenvalue weighted by molar-refractivity contribution is 5.89. The van der Waals surface area contributed by atoms with Gasteiger partial charge in [0.25, 0.3) is 0 Å². The molecule has 0 radical (unpaired) electrons. The largest absolute Gasteiger partial charge is 0.333 e. The Kier molecular flexibility index (Phi) is 7.11. The number of anilines is 5. The van der Waals surface area contributed by atoms with Crippen molar-refractivity contribution in [3.63, 3.8) is 0 Å². The molecule has 0 saturated carbocycles. The molecule has 7 aromatic carbocycles. The van der Waals surface area contributed by atoms with Crippen molar-refractivity contribution < 1.29 is 0 Å². The van der Waals surface area contributed by atoms with Crippen LogP contribution in [0.4, 0.5) is 28.4 Å². The van der Waals surface area contributed by atoms with Crippen LogP contribution in [0.15, 0.2) is 182 Å². The Morgan fingerprint density at radius 2 is 0.964 bits per heavy atom. The lowest BCUT2D eigenvalue weighted by Crippen LogP contribution is -2.28. The van der Waals surface area contributed by atoms with Crippen LogP contribution in [0, 0.1) is 0 Å². The summed E-state index contributed by atoms with van der Waals surface area (Å²) < 4.78 is 0. The number of rotatable bonds is 5. The molecule has 11 rings (SSSR count). The average Bonchev–Trinajstić information content (AvgIpc) is 3.78. The monoisotopic (exact) mass is 720 g/mol. The molecule has 2 unspecified atom stereocenters. The highest BCUT2D eigenvalue weighted by Crippen LogP contribution is 2.54. The minimum atomic E-state index is -0.0922. The second-order valence-corrected chi connectivity index (χ2v) is 16.9. The quantitative estimate of drug-likeness (QED) is 0.175. The molecule has 2 heteroatoms. The van der Waals surface area contributed by atoms with Gasteiger partial charge in [0, 0.05) is 45.2 Å². The van der Waals surface area contributed by atoms with E-state index in [0.29, 0.717) is 5.92 Å². The van der Waals surface area contributed by atoms with Crippen LogP contribution in [0.1, 0.15) is 61.4 Å². The average molecular weight is 721 g/mol. The highest BCUT2D eigenvalue weighted by atomic mass is 15.2. The summed E-state index contributed by atoms with van der Waals surface area (Å²) in [4.78, 5) is 4.96. The molecule has 0 N–H and O–H groups in total. The first-order valence-corrected chi connectivity index (χ1v) is 20.0. The van der Waals surface area contributed by atoms with Gasteiger partial charge in [-0.3, -0.25) is 0 Å². The summed E-state index contributed by atoms with van der Waals surface area (Å²) in [7, 11) is 0. The smallest absolute Gasteiger partial charge is 0.0629 e. The lowest BCUT2D eigenvalue weighted by Gasteiger charge is -2.30. The van der Waals surface area contributed by atoms with E-state index in [0.717, 1.165) is 5.69 Å². The Morgan fingerprint density at radius 3 is 1.59 bits per heavy atom. The molecule has 0 saturated heterocycles. The van der Waals surface area contributed by atoms with Crippen LogP contribution in [-0.2, 0) is 10.8 Å². The van der Waals surface area contributed by atoms with E-state index in [4.69, 9.17) is 0 Å². The number of allylic oxidation sites excluding steroid dienone is 2. The van der Waals surface area contributed by atoms with Crippen LogP contribution in [0.5, 0.6) is 0 Å². The molecule has 0 spiro atoms. The molecule has 2 nitrogen and oxygen atoms in total. The van der Waals surface area contributed by atoms with E-state index < -0.39 is 0 Å². The van der Waals surface area contributed by atoms with Crippen molar-refractivity contribution in [1.82, 2.24) is 0 Å². The Labute approximate surface area is 330 Å². The number of hydrogen-bond acceptors (Lipinski definition) is 2. The first-order valence-electron chi connectivity index (χ1n) is 20.0. The summed E-state index contributed by atoms with van der Waals surface area (Å²) in [5.74, 6) is 0.315. The number of para-hydroxylation sites is 1. The Bertz CT molecular complexity index is 2660. The van der Waals surface area contributed by atoms with Gasteiger partial charge >= 0.3 is 0 Å². The fourth-order valence-electron chi connectivity index (χ4n) is 10.3. The molecule has 1 aliphatic heterocycles. The molecular formula is C54H44N2. The molecule has 0 fully saturated rings. The van der Waals surface area contributed by atoms with Crippen molar-refractivity contribution >= 4 is 28.4 Å². The van der Waals surface area contributed by atoms with E-state index in [1.165, 1.54) is 83.9 Å². The third-order valence-electron chi connectivity index (χ3n) is 13.2. The standard InChI is InChI=1S/C54H44N2/c1-53(2)47-19-11-8-16-41(47)43-29-27-39(33-49(43)53)55(40-28-30-44-42-17-9-12-20-48(42)54(3,4)50(44)34-40)38-25-22-35(23-26-38)36-24-31-52-46(32-36)45-18-10-13-21-51(45)56(52)37-14-6-5-7-15-37/h5-34,45,51H,1-4H3. The summed E-state index contributed by atoms with van der Waals surface area (Å²) in [5, 5.41) is 0. The molecule has 3 aliphatic carbocycles. The molecule has 1 heterocycles. The number of nitrogens with zero attached hydrogens (tertiary/aromatic N) is 2. The normalized spacial score (nSPS) is 18.5. The van der Waals surface area contributed by atoms with Gasteiger partial charge in [-0.2, -0.15) is 0 Å². The van der Waals surface area contributed by atoms with E-state index in [2.05, 4.69) is 220 Å². The summed E-state index contributed by atoms with van der Waals surface area (Å²) in [6.45, 7) is 9.47. The predicted molar refractivity (Wildman–Crippen MR) is 235 cm³/mol. The SMILES string of the molecule is CC1(C)c2ccccc2-c2ccc(N(c3ccc(-c4ccc5c(c4)C4C=CC=CC4N5c4ccccc4)cc3)c3ccc4c(c3)C(C)(C)c3ccccc3-4)cc21. The molecular weight excluding hydrogens is 677 g/mol. The van der Waals surface area contributed by atoms with Gasteiger partial charge in [-0.05, 0) is 122 Å². The van der Waals surface area contributed by atoms with E-state index in [1.54, 1.807) is 0 Å². The van der Waals surface area contributed by atoms with Crippen molar-refractivity contribution in [2.45, 2.75) is 50.5 Å². The van der Waals surface area contributed by atoms with Gasteiger partial charge in [-0.15, -0.1) is 0 Å². The number of benzene rings is 7. The zero-order valence-corrected chi connectivity index (χ0v) is 32.4. The maximum absolute atomic E-state index is 2.50. The minimum Gasteiger partial charge on any atom is -0.333 e. The zero-order chi connectivity index (χ0) is 37.8. The lowest BCUT2D eigenvalue weighted by molar-refractivity contribution is 0.660. The summed E-state index contributed by atoms with van der Waals surface area (Å²) in [5.41, 5.74) is 20.6. The zero-order valence-electron chi connectivity index (χ0n) is 32.4. The Hall–Kier alpha value is -6.38. The van der Waals surface area contributed by atoms with Crippen molar-refractivity contribution in [1.29, 1.82) is 0 Å². The summed E-state index contributed by atoms with van der Waals surface area (Å²) in [6, 6.07) is 59.4. The maximum atomic E-state index is 2.50. The molecule has 4 aliphatic rings. The molecule has 0 amide bonds. The second kappa shape index (κ2) is 12.1. The summed E-state index contributed by atoms with van der Waals surface area (Å²) in [6.07, 6.45) is 9.10. The van der Waals surface area contributed by atoms with Gasteiger partial charge < -0.3 is 9.80 Å². The van der Waals surface area contributed by atoms with Crippen LogP contribution >= 0.6 is 0 Å². The van der Waals surface area contributed by atoms with E-state index >= 15 is 0 Å². The molecule has 0 bridgehead atoms. The molecule has 56 heavy (non-hydrogen) atoms. The van der Waals surface area contributed by atoms with Gasteiger partial charge in [-0.1, -0.05) is 149 Å². The first kappa shape index (κ1) is 33.0. The van der Waals surface area contributed by atoms with Crippen molar-refractivity contribution in [3.05, 3.63) is 210 Å². The maximum Gasteiger partial charge on any atom is 0.0629 e. The summed E-state index contributed by atoms with van der Waals surface area (Å²) >= 11 is 0. The van der Waals surface area contributed by atoms with E-state index in [9.17, 15) is 0 Å². The topological polar surface area (TPSA) is 6.48 Å². The Balaban J connectivity index is 1.01. The van der Waals surface area contributed by atoms with Crippen LogP contribution < -0.4 is 9.80 Å². The molecule has 7 aromatic rings. The van der Waals surface area contributed by atoms with Gasteiger partial charge in [0.2, 0.25) is 0 Å². The van der Waals surface area contributed by atoms with Crippen LogP contribution in [-0.4, -0.2) is 6.04 Å². The highest BCUT2D eigenvalue weighted by Gasteiger charge is 2.39. The minimum absolute atomic E-state index is 0.0922. The fraction of sp³-hybridized carbons (Fsp3) is 0.148. The predicted octanol–water partition coefficient (Wildman–Crippen LogP) is 14.2. The first-order chi connectivity index (χ1) is 27.3. The third kappa shape index (κ3) is 4.75. The van der Waals surface area contributed by atoms with Gasteiger partial charge in [0.15, 0.2) is 0 Å². The van der Waals surface area contributed by atoms with E-state index in [1.807, 2.05) is 0 Å². The fourth-order valence-corrected chi connectivity index (χ4v) is 10.3. The van der Waals surface area contributed by atoms with Crippen molar-refractivity contribution in [3.8, 4) is 33.4 Å². The third-order valence-corrected chi connectivity index (χ3v) is 13.2. The van der Waals surface area contributed by atoms with Crippen LogP contribution in [0.25, 0.3) is 33.4 Å². The van der Waals surface area contributed by atoms with Crippen molar-refractivity contribution in [2.24, 2.45) is 0 Å². The van der Waals surface area contributed by atoms with Crippen molar-refractivity contribution in [2.75, 3.05) is 9.80 Å². The van der Waals surface area contributed by atoms with E-state index in [-0.39, 0.29) is 16.9 Å². The van der Waals surface area contributed by atoms with Gasteiger partial charge in [-0.25, -0.2) is 0 Å². The van der Waals surface area contributed by atoms with Crippen LogP contribution in [0.3, 0.4) is 0 Å². The molecule has 0 aromatic heterocycles. The molecule has 270 valence electrons. The van der Waals surface area contributed by atoms with Gasteiger partial charge in [0.05, 0.1) is 6.04 Å². The number of fused-ring (bicyclic) bond motifs is 9. The Morgan fingerprint density at radius 1 is 0.446 bits per heavy atom.